The summed E-state index contributed by atoms with van der Waals surface area (Å²) in [5.74, 6) is 0.136. The van der Waals surface area contributed by atoms with E-state index in [2.05, 4.69) is 24.4 Å². The number of anilines is 1. The van der Waals surface area contributed by atoms with E-state index in [1.54, 1.807) is 0 Å². The van der Waals surface area contributed by atoms with Crippen LogP contribution in [-0.4, -0.2) is 29.4 Å². The second-order valence-electron chi connectivity index (χ2n) is 5.28. The molecule has 0 bridgehead atoms. The summed E-state index contributed by atoms with van der Waals surface area (Å²) in [5, 5.41) is 3.33. The van der Waals surface area contributed by atoms with Gasteiger partial charge in [-0.15, -0.1) is 0 Å². The van der Waals surface area contributed by atoms with E-state index < -0.39 is 5.54 Å². The molecule has 0 spiro atoms. The minimum absolute atomic E-state index is 0.136. The summed E-state index contributed by atoms with van der Waals surface area (Å²) in [7, 11) is 0. The summed E-state index contributed by atoms with van der Waals surface area (Å²) in [6.45, 7) is 11.5. The third-order valence-electron chi connectivity index (χ3n) is 3.40. The lowest BCUT2D eigenvalue weighted by Crippen LogP contribution is -2.49. The van der Waals surface area contributed by atoms with Crippen LogP contribution in [0.5, 0.6) is 0 Å². The van der Waals surface area contributed by atoms with Crippen LogP contribution in [-0.2, 0) is 11.2 Å². The van der Waals surface area contributed by atoms with Crippen LogP contribution in [0.4, 0.5) is 5.69 Å². The highest BCUT2D eigenvalue weighted by Crippen LogP contribution is 2.18. The van der Waals surface area contributed by atoms with Crippen LogP contribution in [0, 0.1) is 0 Å². The number of hydrogen-bond donors (Lipinski definition) is 1. The van der Waals surface area contributed by atoms with Crippen molar-refractivity contribution in [3.8, 4) is 0 Å². The van der Waals surface area contributed by atoms with E-state index in [-0.39, 0.29) is 5.91 Å². The van der Waals surface area contributed by atoms with Gasteiger partial charge in [0, 0.05) is 18.8 Å². The van der Waals surface area contributed by atoms with Gasteiger partial charge in [-0.2, -0.15) is 0 Å². The van der Waals surface area contributed by atoms with Gasteiger partial charge < -0.3 is 10.2 Å². The number of nitrogens with zero attached hydrogens (tertiary/aromatic N) is 1. The van der Waals surface area contributed by atoms with Crippen LogP contribution in [0.1, 0.15) is 40.2 Å². The van der Waals surface area contributed by atoms with E-state index in [4.69, 9.17) is 0 Å². The standard InChI is InChI=1S/C16H26N2O/c1-6-13-9-11-14(12-10-13)17-16(4,5)15(19)18(7-2)8-3/h9-12,17H,6-8H2,1-5H3. The Morgan fingerprint density at radius 3 is 2.05 bits per heavy atom. The van der Waals surface area contributed by atoms with Gasteiger partial charge in [0.25, 0.3) is 0 Å². The maximum absolute atomic E-state index is 12.4. The molecule has 3 heteroatoms. The summed E-state index contributed by atoms with van der Waals surface area (Å²) in [4.78, 5) is 14.3. The Morgan fingerprint density at radius 1 is 1.11 bits per heavy atom. The molecule has 0 aliphatic heterocycles. The first-order valence-corrected chi connectivity index (χ1v) is 7.11. The van der Waals surface area contributed by atoms with Gasteiger partial charge in [-0.1, -0.05) is 19.1 Å². The lowest BCUT2D eigenvalue weighted by atomic mass is 10.0. The Labute approximate surface area is 117 Å². The topological polar surface area (TPSA) is 32.3 Å². The smallest absolute Gasteiger partial charge is 0.247 e. The molecule has 1 amide bonds. The van der Waals surface area contributed by atoms with Crippen molar-refractivity contribution in [2.75, 3.05) is 18.4 Å². The van der Waals surface area contributed by atoms with E-state index in [1.807, 2.05) is 44.7 Å². The van der Waals surface area contributed by atoms with E-state index >= 15 is 0 Å². The summed E-state index contributed by atoms with van der Waals surface area (Å²) >= 11 is 0. The van der Waals surface area contributed by atoms with Crippen LogP contribution in [0.15, 0.2) is 24.3 Å². The molecule has 1 N–H and O–H groups in total. The Balaban J connectivity index is 2.79. The molecule has 0 aromatic heterocycles. The molecule has 0 atom stereocenters. The number of benzene rings is 1. The van der Waals surface area contributed by atoms with Gasteiger partial charge in [0.05, 0.1) is 0 Å². The average Bonchev–Trinajstić information content (AvgIpc) is 2.40. The van der Waals surface area contributed by atoms with Crippen LogP contribution in [0.2, 0.25) is 0 Å². The number of nitrogens with one attached hydrogen (secondary N) is 1. The van der Waals surface area contributed by atoms with Crippen LogP contribution >= 0.6 is 0 Å². The number of carbonyl (C=O) groups is 1. The number of amides is 1. The minimum Gasteiger partial charge on any atom is -0.372 e. The molecule has 0 saturated heterocycles. The van der Waals surface area contributed by atoms with Gasteiger partial charge in [-0.3, -0.25) is 4.79 Å². The molecule has 0 radical (unpaired) electrons. The van der Waals surface area contributed by atoms with Crippen LogP contribution in [0.25, 0.3) is 0 Å². The first-order chi connectivity index (χ1) is 8.94. The largest absolute Gasteiger partial charge is 0.372 e. The maximum Gasteiger partial charge on any atom is 0.247 e. The molecule has 0 aliphatic rings. The predicted octanol–water partition coefficient (Wildman–Crippen LogP) is 3.31. The predicted molar refractivity (Wildman–Crippen MR) is 81.4 cm³/mol. The van der Waals surface area contributed by atoms with Crippen molar-refractivity contribution >= 4 is 11.6 Å². The molecular weight excluding hydrogens is 236 g/mol. The molecule has 3 nitrogen and oxygen atoms in total. The molecule has 0 saturated carbocycles. The molecule has 19 heavy (non-hydrogen) atoms. The molecule has 1 aromatic carbocycles. The summed E-state index contributed by atoms with van der Waals surface area (Å²) in [6.07, 6.45) is 1.03. The van der Waals surface area contributed by atoms with E-state index in [0.29, 0.717) is 0 Å². The lowest BCUT2D eigenvalue weighted by molar-refractivity contribution is -0.134. The SMILES string of the molecule is CCc1ccc(NC(C)(C)C(=O)N(CC)CC)cc1. The summed E-state index contributed by atoms with van der Waals surface area (Å²) in [5.41, 5.74) is 1.71. The van der Waals surface area contributed by atoms with Gasteiger partial charge in [-0.25, -0.2) is 0 Å². The van der Waals surface area contributed by atoms with E-state index in [1.165, 1.54) is 5.56 Å². The van der Waals surface area contributed by atoms with Crippen LogP contribution in [0.3, 0.4) is 0 Å². The molecule has 1 aromatic rings. The van der Waals surface area contributed by atoms with Gasteiger partial charge >= 0.3 is 0 Å². The molecule has 1 rings (SSSR count). The summed E-state index contributed by atoms with van der Waals surface area (Å²) < 4.78 is 0. The Kier molecular flexibility index (Phi) is 5.40. The Bertz CT molecular complexity index is 405. The van der Waals surface area contributed by atoms with Crippen LogP contribution < -0.4 is 5.32 Å². The fourth-order valence-electron chi connectivity index (χ4n) is 2.14. The summed E-state index contributed by atoms with van der Waals surface area (Å²) in [6, 6.07) is 8.27. The molecule has 0 aliphatic carbocycles. The van der Waals surface area contributed by atoms with Crippen molar-refractivity contribution in [3.05, 3.63) is 29.8 Å². The zero-order valence-corrected chi connectivity index (χ0v) is 12.8. The number of rotatable bonds is 6. The molecule has 0 heterocycles. The highest BCUT2D eigenvalue weighted by Gasteiger charge is 2.30. The number of carbonyl (C=O) groups excluding carboxylic acids is 1. The fraction of sp³-hybridized carbons (Fsp3) is 0.562. The van der Waals surface area contributed by atoms with Crippen molar-refractivity contribution < 1.29 is 4.79 Å². The number of aryl methyl sites for hydroxylation is 1. The molecule has 0 fully saturated rings. The highest BCUT2D eigenvalue weighted by atomic mass is 16.2. The van der Waals surface area contributed by atoms with E-state index in [9.17, 15) is 4.79 Å². The Morgan fingerprint density at radius 2 is 1.63 bits per heavy atom. The van der Waals surface area contributed by atoms with Gasteiger partial charge in [0.1, 0.15) is 5.54 Å². The van der Waals surface area contributed by atoms with Gasteiger partial charge in [0.2, 0.25) is 5.91 Å². The van der Waals surface area contributed by atoms with Crippen molar-refractivity contribution in [1.29, 1.82) is 0 Å². The van der Waals surface area contributed by atoms with Crippen molar-refractivity contribution in [2.45, 2.75) is 46.6 Å². The van der Waals surface area contributed by atoms with Crippen molar-refractivity contribution in [3.63, 3.8) is 0 Å². The fourth-order valence-corrected chi connectivity index (χ4v) is 2.14. The average molecular weight is 262 g/mol. The second kappa shape index (κ2) is 6.60. The maximum atomic E-state index is 12.4. The van der Waals surface area contributed by atoms with Crippen molar-refractivity contribution in [2.24, 2.45) is 0 Å². The van der Waals surface area contributed by atoms with Gasteiger partial charge in [-0.05, 0) is 51.8 Å². The molecule has 106 valence electrons. The third kappa shape index (κ3) is 3.98. The second-order valence-corrected chi connectivity index (χ2v) is 5.28. The zero-order chi connectivity index (χ0) is 14.5. The quantitative estimate of drug-likeness (QED) is 0.853. The molecule has 0 unspecified atom stereocenters. The molecular formula is C16H26N2O. The Hall–Kier alpha value is -1.51. The minimum atomic E-state index is -0.584. The lowest BCUT2D eigenvalue weighted by Gasteiger charge is -2.32. The highest BCUT2D eigenvalue weighted by molar-refractivity contribution is 5.88. The van der Waals surface area contributed by atoms with E-state index in [0.717, 1.165) is 25.2 Å². The van der Waals surface area contributed by atoms with Crippen molar-refractivity contribution in [1.82, 2.24) is 4.90 Å². The zero-order valence-electron chi connectivity index (χ0n) is 12.8. The third-order valence-corrected chi connectivity index (χ3v) is 3.40. The van der Waals surface area contributed by atoms with Gasteiger partial charge in [0.15, 0.2) is 0 Å². The first kappa shape index (κ1) is 15.5. The first-order valence-electron chi connectivity index (χ1n) is 7.11. The number of hydrogen-bond acceptors (Lipinski definition) is 2. The monoisotopic (exact) mass is 262 g/mol. The number of likely N-dealkylation sites (N-methyl/N-ethyl adjacent to an activating group) is 1. The normalized spacial score (nSPS) is 11.2.